The van der Waals surface area contributed by atoms with E-state index in [2.05, 4.69) is 9.97 Å². The minimum atomic E-state index is -0.434. The third kappa shape index (κ3) is 3.70. The first kappa shape index (κ1) is 18.3. The standard InChI is InChI=1S/C20H21N3O2S/c1-13-8-7-11-17(21-13)23-18(25)14-9-5-6-10-15(14)22-19(23)26-12-16(24)20(2,3)4/h5-11H,12H2,1-4H3. The van der Waals surface area contributed by atoms with Crippen LogP contribution in [-0.4, -0.2) is 26.1 Å². The van der Waals surface area contributed by atoms with Crippen molar-refractivity contribution >= 4 is 28.4 Å². The molecular formula is C20H21N3O2S. The summed E-state index contributed by atoms with van der Waals surface area (Å²) in [6, 6.07) is 12.7. The smallest absolute Gasteiger partial charge is 0.267 e. The number of Topliss-reactive ketones (excluding diaryl/α,β-unsaturated/α-hetero) is 1. The van der Waals surface area contributed by atoms with Gasteiger partial charge >= 0.3 is 0 Å². The van der Waals surface area contributed by atoms with E-state index in [9.17, 15) is 9.59 Å². The number of rotatable bonds is 4. The van der Waals surface area contributed by atoms with Crippen LogP contribution in [0.2, 0.25) is 0 Å². The lowest BCUT2D eigenvalue weighted by Crippen LogP contribution is -2.25. The van der Waals surface area contributed by atoms with Gasteiger partial charge in [0.25, 0.3) is 5.56 Å². The number of benzene rings is 1. The van der Waals surface area contributed by atoms with Crippen molar-refractivity contribution in [1.29, 1.82) is 0 Å². The number of aromatic nitrogens is 3. The summed E-state index contributed by atoms with van der Waals surface area (Å²) in [6.07, 6.45) is 0. The zero-order chi connectivity index (χ0) is 18.9. The van der Waals surface area contributed by atoms with Crippen molar-refractivity contribution in [2.45, 2.75) is 32.9 Å². The first-order valence-corrected chi connectivity index (χ1v) is 9.38. The Balaban J connectivity index is 2.15. The van der Waals surface area contributed by atoms with Crippen LogP contribution in [0, 0.1) is 12.3 Å². The lowest BCUT2D eigenvalue weighted by molar-refractivity contribution is -0.123. The number of aryl methyl sites for hydroxylation is 1. The summed E-state index contributed by atoms with van der Waals surface area (Å²) in [7, 11) is 0. The number of nitrogens with zero attached hydrogens (tertiary/aromatic N) is 3. The van der Waals surface area contributed by atoms with Crippen LogP contribution in [0.5, 0.6) is 0 Å². The van der Waals surface area contributed by atoms with Crippen LogP contribution in [0.4, 0.5) is 0 Å². The van der Waals surface area contributed by atoms with Gasteiger partial charge in [-0.05, 0) is 31.2 Å². The summed E-state index contributed by atoms with van der Waals surface area (Å²) in [5.74, 6) is 0.868. The maximum absolute atomic E-state index is 13.1. The predicted molar refractivity (Wildman–Crippen MR) is 105 cm³/mol. The average Bonchev–Trinajstić information content (AvgIpc) is 2.59. The Hall–Kier alpha value is -2.47. The highest BCUT2D eigenvalue weighted by Gasteiger charge is 2.23. The molecule has 0 unspecified atom stereocenters. The summed E-state index contributed by atoms with van der Waals surface area (Å²) in [5.41, 5.74) is 0.812. The Morgan fingerprint density at radius 1 is 1.08 bits per heavy atom. The molecule has 0 amide bonds. The van der Waals surface area contributed by atoms with E-state index in [1.165, 1.54) is 16.3 Å². The van der Waals surface area contributed by atoms with Crippen molar-refractivity contribution in [2.24, 2.45) is 5.41 Å². The van der Waals surface area contributed by atoms with Crippen molar-refractivity contribution in [3.8, 4) is 5.82 Å². The first-order valence-electron chi connectivity index (χ1n) is 8.39. The molecule has 6 heteroatoms. The number of carbonyl (C=O) groups is 1. The molecule has 0 N–H and O–H groups in total. The van der Waals surface area contributed by atoms with Gasteiger partial charge in [-0.1, -0.05) is 50.7 Å². The molecular weight excluding hydrogens is 346 g/mol. The highest BCUT2D eigenvalue weighted by molar-refractivity contribution is 7.99. The van der Waals surface area contributed by atoms with Gasteiger partial charge in [0, 0.05) is 11.1 Å². The molecule has 0 saturated heterocycles. The van der Waals surface area contributed by atoms with Gasteiger partial charge < -0.3 is 0 Å². The molecule has 0 radical (unpaired) electrons. The molecule has 0 aliphatic carbocycles. The van der Waals surface area contributed by atoms with Gasteiger partial charge in [0.2, 0.25) is 0 Å². The van der Waals surface area contributed by atoms with Crippen LogP contribution in [0.15, 0.2) is 52.4 Å². The molecule has 3 aromatic rings. The molecule has 2 heterocycles. The Morgan fingerprint density at radius 3 is 2.50 bits per heavy atom. The molecule has 0 bridgehead atoms. The molecule has 5 nitrogen and oxygen atoms in total. The maximum atomic E-state index is 13.1. The van der Waals surface area contributed by atoms with Crippen molar-refractivity contribution in [1.82, 2.24) is 14.5 Å². The second kappa shape index (κ2) is 7.03. The van der Waals surface area contributed by atoms with E-state index >= 15 is 0 Å². The van der Waals surface area contributed by atoms with Gasteiger partial charge in [0.15, 0.2) is 5.16 Å². The summed E-state index contributed by atoms with van der Waals surface area (Å²) in [5, 5.41) is 1.01. The number of para-hydroxylation sites is 1. The minimum absolute atomic E-state index is 0.105. The largest absolute Gasteiger partial charge is 0.298 e. The Morgan fingerprint density at radius 2 is 1.81 bits per heavy atom. The SMILES string of the molecule is Cc1cccc(-n2c(SCC(=O)C(C)(C)C)nc3ccccc3c2=O)n1. The van der Waals surface area contributed by atoms with E-state index in [-0.39, 0.29) is 17.1 Å². The molecule has 0 fully saturated rings. The number of thioether (sulfide) groups is 1. The van der Waals surface area contributed by atoms with E-state index in [4.69, 9.17) is 0 Å². The zero-order valence-corrected chi connectivity index (χ0v) is 16.1. The number of pyridine rings is 1. The summed E-state index contributed by atoms with van der Waals surface area (Å²) < 4.78 is 1.50. The fourth-order valence-corrected chi connectivity index (χ4v) is 3.57. The molecule has 1 aromatic carbocycles. The Kier molecular flexibility index (Phi) is 4.96. The normalized spacial score (nSPS) is 11.7. The molecule has 0 saturated carbocycles. The summed E-state index contributed by atoms with van der Waals surface area (Å²) in [4.78, 5) is 34.5. The lowest BCUT2D eigenvalue weighted by Gasteiger charge is -2.17. The van der Waals surface area contributed by atoms with Crippen molar-refractivity contribution in [3.63, 3.8) is 0 Å². The fraction of sp³-hybridized carbons (Fsp3) is 0.300. The Bertz CT molecular complexity index is 1040. The lowest BCUT2D eigenvalue weighted by atomic mass is 9.92. The topological polar surface area (TPSA) is 64.8 Å². The fourth-order valence-electron chi connectivity index (χ4n) is 2.41. The summed E-state index contributed by atoms with van der Waals surface area (Å²) >= 11 is 1.27. The van der Waals surface area contributed by atoms with E-state index < -0.39 is 5.41 Å². The minimum Gasteiger partial charge on any atom is -0.298 e. The van der Waals surface area contributed by atoms with Crippen LogP contribution in [-0.2, 0) is 4.79 Å². The second-order valence-corrected chi connectivity index (χ2v) is 8.09. The molecule has 0 atom stereocenters. The third-order valence-corrected chi connectivity index (χ3v) is 4.96. The Labute approximate surface area is 156 Å². The van der Waals surface area contributed by atoms with Gasteiger partial charge in [-0.2, -0.15) is 0 Å². The van der Waals surface area contributed by atoms with Gasteiger partial charge in [-0.3, -0.25) is 9.59 Å². The number of fused-ring (bicyclic) bond motifs is 1. The molecule has 0 aliphatic rings. The maximum Gasteiger partial charge on any atom is 0.267 e. The van der Waals surface area contributed by atoms with Crippen LogP contribution in [0.25, 0.3) is 16.7 Å². The number of hydrogen-bond donors (Lipinski definition) is 0. The van der Waals surface area contributed by atoms with Crippen LogP contribution < -0.4 is 5.56 Å². The number of carbonyl (C=O) groups excluding carboxylic acids is 1. The highest BCUT2D eigenvalue weighted by atomic mass is 32.2. The number of hydrogen-bond acceptors (Lipinski definition) is 5. The average molecular weight is 367 g/mol. The van der Waals surface area contributed by atoms with Gasteiger partial charge in [-0.25, -0.2) is 14.5 Å². The molecule has 2 aromatic heterocycles. The van der Waals surface area contributed by atoms with Gasteiger partial charge in [0.05, 0.1) is 16.7 Å². The molecule has 0 spiro atoms. The zero-order valence-electron chi connectivity index (χ0n) is 15.3. The molecule has 26 heavy (non-hydrogen) atoms. The van der Waals surface area contributed by atoms with Crippen LogP contribution >= 0.6 is 11.8 Å². The van der Waals surface area contributed by atoms with Crippen LogP contribution in [0.1, 0.15) is 26.5 Å². The van der Waals surface area contributed by atoms with Crippen LogP contribution in [0.3, 0.4) is 0 Å². The predicted octanol–water partition coefficient (Wildman–Crippen LogP) is 3.80. The van der Waals surface area contributed by atoms with E-state index in [0.717, 1.165) is 5.69 Å². The molecule has 134 valence electrons. The first-order chi connectivity index (χ1) is 12.3. The van der Waals surface area contributed by atoms with Gasteiger partial charge in [-0.15, -0.1) is 0 Å². The van der Waals surface area contributed by atoms with E-state index in [0.29, 0.717) is 21.9 Å². The summed E-state index contributed by atoms with van der Waals surface area (Å²) in [6.45, 7) is 7.54. The second-order valence-electron chi connectivity index (χ2n) is 7.15. The van der Waals surface area contributed by atoms with Crippen molar-refractivity contribution < 1.29 is 4.79 Å². The van der Waals surface area contributed by atoms with E-state index in [1.807, 2.05) is 52.0 Å². The van der Waals surface area contributed by atoms with Gasteiger partial charge in [0.1, 0.15) is 11.6 Å². The quantitative estimate of drug-likeness (QED) is 0.518. The molecule has 3 rings (SSSR count). The number of ketones is 1. The highest BCUT2D eigenvalue weighted by Crippen LogP contribution is 2.24. The van der Waals surface area contributed by atoms with Crippen molar-refractivity contribution in [3.05, 3.63) is 58.5 Å². The third-order valence-electron chi connectivity index (χ3n) is 4.02. The molecule has 0 aliphatic heterocycles. The van der Waals surface area contributed by atoms with Crippen molar-refractivity contribution in [2.75, 3.05) is 5.75 Å². The van der Waals surface area contributed by atoms with E-state index in [1.54, 1.807) is 18.2 Å². The monoisotopic (exact) mass is 367 g/mol.